The van der Waals surface area contributed by atoms with Crippen molar-refractivity contribution in [3.63, 3.8) is 0 Å². The molecule has 4 rings (SSSR count). The van der Waals surface area contributed by atoms with Gasteiger partial charge in [0, 0.05) is 31.1 Å². The first kappa shape index (κ1) is 22.2. The third-order valence-corrected chi connectivity index (χ3v) is 5.78. The van der Waals surface area contributed by atoms with Crippen molar-refractivity contribution in [1.82, 2.24) is 45.1 Å². The molecule has 0 saturated heterocycles. The fourth-order valence-corrected chi connectivity index (χ4v) is 4.25. The van der Waals surface area contributed by atoms with Gasteiger partial charge >= 0.3 is 0 Å². The molecule has 0 radical (unpaired) electrons. The summed E-state index contributed by atoms with van der Waals surface area (Å²) >= 11 is 0. The first-order valence-corrected chi connectivity index (χ1v) is 11.0. The highest BCUT2D eigenvalue weighted by Crippen LogP contribution is 2.29. The van der Waals surface area contributed by atoms with Crippen molar-refractivity contribution in [3.8, 4) is 0 Å². The number of methoxy groups -OCH3 is 1. The van der Waals surface area contributed by atoms with E-state index in [9.17, 15) is 0 Å². The minimum absolute atomic E-state index is 0.0171. The second-order valence-electron chi connectivity index (χ2n) is 9.10. The van der Waals surface area contributed by atoms with Gasteiger partial charge in [0.25, 0.3) is 0 Å². The fourth-order valence-electron chi connectivity index (χ4n) is 4.25. The Hall–Kier alpha value is -2.98. The fraction of sp³-hybridized carbons (Fsp3) is 0.545. The lowest BCUT2D eigenvalue weighted by Gasteiger charge is -2.32. The quantitative estimate of drug-likeness (QED) is 0.415. The highest BCUT2D eigenvalue weighted by atomic mass is 16.5. The molecule has 170 valence electrons. The second-order valence-corrected chi connectivity index (χ2v) is 9.10. The van der Waals surface area contributed by atoms with Gasteiger partial charge in [-0.3, -0.25) is 4.90 Å². The van der Waals surface area contributed by atoms with Crippen LogP contribution in [0.25, 0.3) is 16.6 Å². The summed E-state index contributed by atoms with van der Waals surface area (Å²) in [5, 5.41) is 26.4. The number of benzene rings is 1. The Morgan fingerprint density at radius 1 is 1.12 bits per heavy atom. The van der Waals surface area contributed by atoms with E-state index in [0.29, 0.717) is 13.2 Å². The Balaban J connectivity index is 1.79. The zero-order chi connectivity index (χ0) is 22.9. The molecule has 4 aromatic rings. The van der Waals surface area contributed by atoms with Crippen LogP contribution < -0.4 is 0 Å². The van der Waals surface area contributed by atoms with Crippen LogP contribution in [0.4, 0.5) is 0 Å². The average molecular weight is 438 g/mol. The molecular weight excluding hydrogens is 406 g/mol. The highest BCUT2D eigenvalue weighted by Gasteiger charge is 2.29. The van der Waals surface area contributed by atoms with Gasteiger partial charge in [-0.05, 0) is 66.6 Å². The summed E-state index contributed by atoms with van der Waals surface area (Å²) < 4.78 is 9.19. The first-order valence-electron chi connectivity index (χ1n) is 11.0. The van der Waals surface area contributed by atoms with Gasteiger partial charge < -0.3 is 4.74 Å². The van der Waals surface area contributed by atoms with E-state index in [0.717, 1.165) is 46.5 Å². The molecule has 0 bridgehead atoms. The molecule has 10 heteroatoms. The molecule has 3 heterocycles. The van der Waals surface area contributed by atoms with Gasteiger partial charge in [-0.15, -0.1) is 10.2 Å². The molecule has 3 aromatic heterocycles. The van der Waals surface area contributed by atoms with E-state index in [2.05, 4.69) is 94.8 Å². The molecule has 0 fully saturated rings. The monoisotopic (exact) mass is 437 g/mol. The summed E-state index contributed by atoms with van der Waals surface area (Å²) in [5.74, 6) is 0.850. The molecule has 0 amide bonds. The molecule has 0 unspecified atom stereocenters. The number of aromatic nitrogens is 8. The highest BCUT2D eigenvalue weighted by molar-refractivity contribution is 5.85. The van der Waals surface area contributed by atoms with E-state index >= 15 is 0 Å². The third kappa shape index (κ3) is 4.07. The maximum absolute atomic E-state index is 5.43. The van der Waals surface area contributed by atoms with Gasteiger partial charge in [-0.2, -0.15) is 4.52 Å². The van der Waals surface area contributed by atoms with E-state index in [4.69, 9.17) is 4.74 Å². The van der Waals surface area contributed by atoms with Crippen LogP contribution in [0.1, 0.15) is 57.1 Å². The molecule has 1 atom stereocenters. The molecule has 0 saturated carbocycles. The van der Waals surface area contributed by atoms with Crippen molar-refractivity contribution >= 4 is 16.6 Å². The molecular formula is C22H31N9O. The number of tetrazole rings is 2. The number of hydrogen-bond donors (Lipinski definition) is 0. The van der Waals surface area contributed by atoms with E-state index in [-0.39, 0.29) is 11.6 Å². The van der Waals surface area contributed by atoms with Crippen LogP contribution in [-0.4, -0.2) is 65.4 Å². The van der Waals surface area contributed by atoms with E-state index in [1.54, 1.807) is 7.11 Å². The predicted octanol–water partition coefficient (Wildman–Crippen LogP) is 2.93. The Morgan fingerprint density at radius 2 is 1.91 bits per heavy atom. The SMILES string of the molecule is CC[C@@H](c1nnnn1C(C)(C)C)N(CCOC)Cc1cc2cccc(C)c2n2nnnc12. The number of pyridine rings is 1. The van der Waals surface area contributed by atoms with Gasteiger partial charge in [-0.25, -0.2) is 4.68 Å². The number of aryl methyl sites for hydroxylation is 1. The largest absolute Gasteiger partial charge is 0.383 e. The number of fused-ring (bicyclic) bond motifs is 3. The molecule has 0 spiro atoms. The smallest absolute Gasteiger partial charge is 0.184 e. The number of nitrogens with zero attached hydrogens (tertiary/aromatic N) is 9. The molecule has 0 aliphatic rings. The van der Waals surface area contributed by atoms with E-state index in [1.165, 1.54) is 0 Å². The van der Waals surface area contributed by atoms with E-state index < -0.39 is 0 Å². The van der Waals surface area contributed by atoms with Crippen molar-refractivity contribution < 1.29 is 4.74 Å². The minimum Gasteiger partial charge on any atom is -0.383 e. The van der Waals surface area contributed by atoms with Crippen LogP contribution in [0.2, 0.25) is 0 Å². The Kier molecular flexibility index (Phi) is 6.16. The topological polar surface area (TPSA) is 99.2 Å². The summed E-state index contributed by atoms with van der Waals surface area (Å²) in [4.78, 5) is 2.35. The summed E-state index contributed by atoms with van der Waals surface area (Å²) in [6, 6.07) is 8.45. The van der Waals surface area contributed by atoms with Crippen LogP contribution in [0.5, 0.6) is 0 Å². The molecule has 32 heavy (non-hydrogen) atoms. The lowest BCUT2D eigenvalue weighted by atomic mass is 10.1. The minimum atomic E-state index is -0.218. The summed E-state index contributed by atoms with van der Waals surface area (Å²) in [5.41, 5.74) is 3.77. The van der Waals surface area contributed by atoms with Gasteiger partial charge in [0.2, 0.25) is 0 Å². The molecule has 0 N–H and O–H groups in total. The Labute approximate surface area is 187 Å². The number of para-hydroxylation sites is 1. The molecule has 10 nitrogen and oxygen atoms in total. The van der Waals surface area contributed by atoms with Crippen molar-refractivity contribution in [2.75, 3.05) is 20.3 Å². The first-order chi connectivity index (χ1) is 15.3. The lowest BCUT2D eigenvalue weighted by molar-refractivity contribution is 0.104. The van der Waals surface area contributed by atoms with Crippen molar-refractivity contribution in [2.45, 2.75) is 59.2 Å². The average Bonchev–Trinajstić information content (AvgIpc) is 3.42. The normalized spacial score (nSPS) is 13.5. The zero-order valence-electron chi connectivity index (χ0n) is 19.6. The van der Waals surface area contributed by atoms with Crippen LogP contribution in [0.3, 0.4) is 0 Å². The Morgan fingerprint density at radius 3 is 2.62 bits per heavy atom. The standard InChI is InChI=1S/C22H31N9O/c1-7-18(21-24-26-28-31(21)22(3,4)5)29(11-12-32-6)14-17-13-16-10-8-9-15(2)19(16)30-20(17)23-25-27-30/h8-10,13,18H,7,11-12,14H2,1-6H3/t18-/m0/s1. The van der Waals surface area contributed by atoms with Crippen molar-refractivity contribution in [1.29, 1.82) is 0 Å². The molecule has 0 aliphatic carbocycles. The molecule has 1 aromatic carbocycles. The van der Waals surface area contributed by atoms with Gasteiger partial charge in [0.1, 0.15) is 0 Å². The van der Waals surface area contributed by atoms with Crippen LogP contribution in [0.15, 0.2) is 24.3 Å². The lowest BCUT2D eigenvalue weighted by Crippen LogP contribution is -2.36. The van der Waals surface area contributed by atoms with E-state index in [1.807, 2.05) is 9.20 Å². The summed E-state index contributed by atoms with van der Waals surface area (Å²) in [6.07, 6.45) is 0.855. The van der Waals surface area contributed by atoms with Gasteiger partial charge in [0.15, 0.2) is 11.5 Å². The zero-order valence-corrected chi connectivity index (χ0v) is 19.6. The van der Waals surface area contributed by atoms with Crippen molar-refractivity contribution in [2.24, 2.45) is 0 Å². The number of ether oxygens (including phenoxy) is 1. The predicted molar refractivity (Wildman–Crippen MR) is 121 cm³/mol. The maximum atomic E-state index is 5.43. The maximum Gasteiger partial charge on any atom is 0.184 e. The van der Waals surface area contributed by atoms with Gasteiger partial charge in [0.05, 0.1) is 23.7 Å². The van der Waals surface area contributed by atoms with Gasteiger partial charge in [-0.1, -0.05) is 25.1 Å². The van der Waals surface area contributed by atoms with Crippen LogP contribution in [-0.2, 0) is 16.8 Å². The van der Waals surface area contributed by atoms with Crippen molar-refractivity contribution in [3.05, 3.63) is 41.2 Å². The van der Waals surface area contributed by atoms with Crippen LogP contribution >= 0.6 is 0 Å². The van der Waals surface area contributed by atoms with Crippen LogP contribution in [0, 0.1) is 6.92 Å². The number of rotatable bonds is 8. The summed E-state index contributed by atoms with van der Waals surface area (Å²) in [7, 11) is 1.72. The summed E-state index contributed by atoms with van der Waals surface area (Å²) in [6.45, 7) is 12.5. The molecule has 0 aliphatic heterocycles. The third-order valence-electron chi connectivity index (χ3n) is 5.78. The second kappa shape index (κ2) is 8.87. The Bertz CT molecular complexity index is 1210. The number of hydrogen-bond acceptors (Lipinski definition) is 8.